The van der Waals surface area contributed by atoms with E-state index in [9.17, 15) is 0 Å². The Kier molecular flexibility index (Phi) is 4.42. The van der Waals surface area contributed by atoms with Gasteiger partial charge in [0, 0.05) is 17.2 Å². The van der Waals surface area contributed by atoms with E-state index in [-0.39, 0.29) is 0 Å². The SMILES string of the molecule is Clc1cc(CNc2cc(Br)cnc2Cl)cc2c1OCCO2. The number of pyridine rings is 1. The third-order valence-corrected chi connectivity index (χ3v) is 3.96. The standard InChI is InChI=1S/C14H11BrCl2N2O2/c15-9-5-11(14(17)19-7-9)18-6-8-3-10(16)13-12(4-8)20-1-2-21-13/h3-5,7,18H,1-2,6H2. The summed E-state index contributed by atoms with van der Waals surface area (Å²) < 4.78 is 11.9. The number of benzene rings is 1. The van der Waals surface area contributed by atoms with Gasteiger partial charge in [0.1, 0.15) is 13.2 Å². The first-order valence-corrected chi connectivity index (χ1v) is 7.81. The van der Waals surface area contributed by atoms with Gasteiger partial charge in [-0.15, -0.1) is 0 Å². The number of halogens is 3. The molecule has 0 bridgehead atoms. The van der Waals surface area contributed by atoms with Crippen LogP contribution in [-0.2, 0) is 6.54 Å². The Morgan fingerprint density at radius 2 is 2.00 bits per heavy atom. The van der Waals surface area contributed by atoms with Gasteiger partial charge in [0.05, 0.1) is 10.7 Å². The summed E-state index contributed by atoms with van der Waals surface area (Å²) >= 11 is 15.6. The summed E-state index contributed by atoms with van der Waals surface area (Å²) in [5.74, 6) is 1.28. The maximum absolute atomic E-state index is 6.21. The van der Waals surface area contributed by atoms with Crippen molar-refractivity contribution < 1.29 is 9.47 Å². The largest absolute Gasteiger partial charge is 0.486 e. The molecule has 0 atom stereocenters. The van der Waals surface area contributed by atoms with Crippen LogP contribution in [0, 0.1) is 0 Å². The fraction of sp³-hybridized carbons (Fsp3) is 0.214. The van der Waals surface area contributed by atoms with Crippen LogP contribution < -0.4 is 14.8 Å². The van der Waals surface area contributed by atoms with Crippen molar-refractivity contribution in [3.8, 4) is 11.5 Å². The van der Waals surface area contributed by atoms with E-state index in [4.69, 9.17) is 32.7 Å². The molecule has 0 spiro atoms. The minimum atomic E-state index is 0.418. The maximum Gasteiger partial charge on any atom is 0.179 e. The molecule has 1 N–H and O–H groups in total. The lowest BCUT2D eigenvalue weighted by atomic mass is 10.2. The lowest BCUT2D eigenvalue weighted by Gasteiger charge is -2.20. The second-order valence-electron chi connectivity index (χ2n) is 4.45. The number of hydrogen-bond acceptors (Lipinski definition) is 4. The van der Waals surface area contributed by atoms with Crippen LogP contribution in [0.1, 0.15) is 5.56 Å². The fourth-order valence-corrected chi connectivity index (χ4v) is 2.80. The van der Waals surface area contributed by atoms with Gasteiger partial charge < -0.3 is 14.8 Å². The van der Waals surface area contributed by atoms with Crippen LogP contribution in [0.5, 0.6) is 11.5 Å². The molecule has 110 valence electrons. The van der Waals surface area contributed by atoms with Gasteiger partial charge in [-0.1, -0.05) is 23.2 Å². The Balaban J connectivity index is 1.79. The average Bonchev–Trinajstić information content (AvgIpc) is 2.48. The smallest absolute Gasteiger partial charge is 0.179 e. The van der Waals surface area contributed by atoms with E-state index in [2.05, 4.69) is 26.2 Å². The molecule has 3 rings (SSSR count). The molecule has 1 aromatic heterocycles. The molecule has 4 nitrogen and oxygen atoms in total. The molecule has 0 aliphatic carbocycles. The van der Waals surface area contributed by atoms with Gasteiger partial charge in [0.2, 0.25) is 0 Å². The Labute approximate surface area is 140 Å². The quantitative estimate of drug-likeness (QED) is 0.783. The highest BCUT2D eigenvalue weighted by atomic mass is 79.9. The lowest BCUT2D eigenvalue weighted by Crippen LogP contribution is -2.16. The monoisotopic (exact) mass is 388 g/mol. The van der Waals surface area contributed by atoms with Gasteiger partial charge in [0.15, 0.2) is 16.7 Å². The number of rotatable bonds is 3. The van der Waals surface area contributed by atoms with Crippen LogP contribution in [-0.4, -0.2) is 18.2 Å². The van der Waals surface area contributed by atoms with Crippen molar-refractivity contribution in [2.75, 3.05) is 18.5 Å². The summed E-state index contributed by atoms with van der Waals surface area (Å²) in [6.45, 7) is 1.60. The van der Waals surface area contributed by atoms with Crippen molar-refractivity contribution in [2.24, 2.45) is 0 Å². The van der Waals surface area contributed by atoms with Crippen LogP contribution in [0.15, 0.2) is 28.9 Å². The molecule has 0 saturated heterocycles. The first kappa shape index (κ1) is 14.8. The summed E-state index contributed by atoms with van der Waals surface area (Å²) in [5.41, 5.74) is 1.72. The van der Waals surface area contributed by atoms with E-state index in [1.807, 2.05) is 18.2 Å². The van der Waals surface area contributed by atoms with Crippen molar-refractivity contribution >= 4 is 44.8 Å². The molecular formula is C14H11BrCl2N2O2. The van der Waals surface area contributed by atoms with Crippen molar-refractivity contribution in [3.05, 3.63) is 44.6 Å². The molecule has 1 aromatic carbocycles. The van der Waals surface area contributed by atoms with Gasteiger partial charge in [-0.2, -0.15) is 0 Å². The minimum absolute atomic E-state index is 0.418. The highest BCUT2D eigenvalue weighted by Crippen LogP contribution is 2.38. The Hall–Kier alpha value is -1.17. The fourth-order valence-electron chi connectivity index (χ4n) is 2.01. The molecule has 2 heterocycles. The molecule has 1 aliphatic rings. The number of fused-ring (bicyclic) bond motifs is 1. The molecule has 7 heteroatoms. The minimum Gasteiger partial charge on any atom is -0.486 e. The number of nitrogens with one attached hydrogen (secondary N) is 1. The predicted molar refractivity (Wildman–Crippen MR) is 86.7 cm³/mol. The highest BCUT2D eigenvalue weighted by Gasteiger charge is 2.16. The number of nitrogens with zero attached hydrogens (tertiary/aromatic N) is 1. The number of anilines is 1. The number of hydrogen-bond donors (Lipinski definition) is 1. The Morgan fingerprint density at radius 3 is 2.86 bits per heavy atom. The molecule has 1 aliphatic heterocycles. The Bertz CT molecular complexity index is 682. The van der Waals surface area contributed by atoms with E-state index in [1.54, 1.807) is 6.20 Å². The topological polar surface area (TPSA) is 43.4 Å². The summed E-state index contributed by atoms with van der Waals surface area (Å²) in [4.78, 5) is 4.06. The predicted octanol–water partition coefficient (Wildman–Crippen LogP) is 4.53. The average molecular weight is 390 g/mol. The Morgan fingerprint density at radius 1 is 1.19 bits per heavy atom. The van der Waals surface area contributed by atoms with Crippen molar-refractivity contribution in [2.45, 2.75) is 6.54 Å². The van der Waals surface area contributed by atoms with Crippen LogP contribution >= 0.6 is 39.1 Å². The van der Waals surface area contributed by atoms with Gasteiger partial charge in [0.25, 0.3) is 0 Å². The van der Waals surface area contributed by atoms with Crippen LogP contribution in [0.3, 0.4) is 0 Å². The number of aromatic nitrogens is 1. The van der Waals surface area contributed by atoms with Crippen molar-refractivity contribution in [1.29, 1.82) is 0 Å². The molecule has 2 aromatic rings. The zero-order valence-electron chi connectivity index (χ0n) is 10.8. The second-order valence-corrected chi connectivity index (χ2v) is 6.13. The lowest BCUT2D eigenvalue weighted by molar-refractivity contribution is 0.171. The molecule has 0 amide bonds. The number of ether oxygens (including phenoxy) is 2. The maximum atomic E-state index is 6.21. The van der Waals surface area contributed by atoms with Gasteiger partial charge in [-0.05, 0) is 39.7 Å². The van der Waals surface area contributed by atoms with E-state index in [0.29, 0.717) is 41.4 Å². The first-order chi connectivity index (χ1) is 10.1. The highest BCUT2D eigenvalue weighted by molar-refractivity contribution is 9.10. The van der Waals surface area contributed by atoms with E-state index < -0.39 is 0 Å². The summed E-state index contributed by atoms with van der Waals surface area (Å²) in [6, 6.07) is 5.63. The molecule has 21 heavy (non-hydrogen) atoms. The van der Waals surface area contributed by atoms with Crippen LogP contribution in [0.4, 0.5) is 5.69 Å². The van der Waals surface area contributed by atoms with Gasteiger partial charge in [-0.25, -0.2) is 4.98 Å². The van der Waals surface area contributed by atoms with E-state index >= 15 is 0 Å². The molecular weight excluding hydrogens is 379 g/mol. The third-order valence-electron chi connectivity index (χ3n) is 2.95. The summed E-state index contributed by atoms with van der Waals surface area (Å²) in [5, 5.41) is 4.19. The second kappa shape index (κ2) is 6.30. The first-order valence-electron chi connectivity index (χ1n) is 6.26. The normalized spacial score (nSPS) is 13.1. The molecule has 0 fully saturated rings. The summed E-state index contributed by atoms with van der Waals surface area (Å²) in [6.07, 6.45) is 1.65. The zero-order valence-corrected chi connectivity index (χ0v) is 13.9. The van der Waals surface area contributed by atoms with E-state index in [0.717, 1.165) is 15.7 Å². The van der Waals surface area contributed by atoms with Gasteiger partial charge >= 0.3 is 0 Å². The third kappa shape index (κ3) is 3.36. The van der Waals surface area contributed by atoms with Crippen molar-refractivity contribution in [3.63, 3.8) is 0 Å². The van der Waals surface area contributed by atoms with Crippen molar-refractivity contribution in [1.82, 2.24) is 4.98 Å². The van der Waals surface area contributed by atoms with Gasteiger partial charge in [-0.3, -0.25) is 0 Å². The zero-order chi connectivity index (χ0) is 14.8. The molecule has 0 unspecified atom stereocenters. The van der Waals surface area contributed by atoms with Crippen LogP contribution in [0.25, 0.3) is 0 Å². The molecule has 0 saturated carbocycles. The summed E-state index contributed by atoms with van der Waals surface area (Å²) in [7, 11) is 0. The van der Waals surface area contributed by atoms with E-state index in [1.165, 1.54) is 0 Å². The molecule has 0 radical (unpaired) electrons. The van der Waals surface area contributed by atoms with Crippen LogP contribution in [0.2, 0.25) is 10.2 Å².